The van der Waals surface area contributed by atoms with Gasteiger partial charge in [0.25, 0.3) is 0 Å². The first-order chi connectivity index (χ1) is 42.2. The van der Waals surface area contributed by atoms with Gasteiger partial charge in [-0.2, -0.15) is 0 Å². The number of likely N-dealkylation sites (N-methyl/N-ethyl adjacent to an activating group) is 3. The van der Waals surface area contributed by atoms with E-state index in [0.717, 1.165) is 10.5 Å². The van der Waals surface area contributed by atoms with E-state index >= 15 is 0 Å². The van der Waals surface area contributed by atoms with E-state index in [1.807, 2.05) is 6.92 Å². The van der Waals surface area contributed by atoms with Crippen LogP contribution in [0.25, 0.3) is 0 Å². The molecule has 0 aromatic heterocycles. The summed E-state index contributed by atoms with van der Waals surface area (Å²) in [7, 11) is 7.14. The maximum atomic E-state index is 14.4. The number of alkyl halides is 1. The number of aliphatic hydroxyl groups is 2. The first kappa shape index (κ1) is 70.5. The minimum atomic E-state index is -2.14. The molecule has 9 atom stereocenters. The van der Waals surface area contributed by atoms with Gasteiger partial charge in [0.1, 0.15) is 66.8 Å². The number of ether oxygens (including phenoxy) is 9. The molecule has 2 aromatic rings. The number of fused-ring (bicyclic) bond motifs is 5. The van der Waals surface area contributed by atoms with E-state index in [2.05, 4.69) is 37.2 Å². The molecule has 28 nitrogen and oxygen atoms in total. The second kappa shape index (κ2) is 32.3. The van der Waals surface area contributed by atoms with E-state index in [1.165, 1.54) is 75.1 Å². The fraction of sp³-hybridized carbons (Fsp3) is 0.542. The van der Waals surface area contributed by atoms with Gasteiger partial charge in [-0.1, -0.05) is 70.4 Å². The summed E-state index contributed by atoms with van der Waals surface area (Å²) in [6.07, 6.45) is -1.82. The summed E-state index contributed by atoms with van der Waals surface area (Å²) in [6, 6.07) is 6.69. The summed E-state index contributed by atoms with van der Waals surface area (Å²) in [4.78, 5) is 123. The van der Waals surface area contributed by atoms with E-state index in [4.69, 9.17) is 54.2 Å². The van der Waals surface area contributed by atoms with Crippen LogP contribution in [0.1, 0.15) is 64.5 Å². The highest BCUT2D eigenvalue weighted by atomic mass is 79.9. The minimum Gasteiger partial charge on any atom is -0.495 e. The lowest BCUT2D eigenvalue weighted by Gasteiger charge is -2.41. The van der Waals surface area contributed by atoms with Gasteiger partial charge in [0.15, 0.2) is 5.72 Å². The number of nitrogens with zero attached hydrogens (tertiary/aromatic N) is 4. The van der Waals surface area contributed by atoms with Gasteiger partial charge in [0.05, 0.1) is 61.7 Å². The van der Waals surface area contributed by atoms with Gasteiger partial charge >= 0.3 is 30.3 Å². The fourth-order valence-corrected chi connectivity index (χ4v) is 10.1. The van der Waals surface area contributed by atoms with Crippen LogP contribution in [0.5, 0.6) is 5.75 Å². The van der Waals surface area contributed by atoms with E-state index < -0.39 is 115 Å². The third-order valence-corrected chi connectivity index (χ3v) is 16.1. The zero-order chi connectivity index (χ0) is 65.3. The van der Waals surface area contributed by atoms with Crippen LogP contribution >= 0.6 is 27.5 Å². The first-order valence-corrected chi connectivity index (χ1v) is 30.0. The van der Waals surface area contributed by atoms with E-state index in [-0.39, 0.29) is 98.9 Å². The van der Waals surface area contributed by atoms with Gasteiger partial charge in [0, 0.05) is 66.6 Å². The molecule has 0 saturated carbocycles. The van der Waals surface area contributed by atoms with Crippen LogP contribution in [0, 0.1) is 5.92 Å². The van der Waals surface area contributed by atoms with Crippen molar-refractivity contribution in [2.24, 2.45) is 5.92 Å². The van der Waals surface area contributed by atoms with Gasteiger partial charge in [-0.25, -0.2) is 24.0 Å². The summed E-state index contributed by atoms with van der Waals surface area (Å²) < 4.78 is 50.3. The van der Waals surface area contributed by atoms with Gasteiger partial charge in [-0.05, 0) is 68.7 Å². The largest absolute Gasteiger partial charge is 0.495 e. The number of aliphatic hydroxyl groups excluding tert-OH is 1. The topological polar surface area (TPSA) is 342 Å². The molecule has 488 valence electrons. The summed E-state index contributed by atoms with van der Waals surface area (Å²) in [5.41, 5.74) is -1.01. The molecular weight excluding hydrogens is 1260 g/mol. The molecule has 8 amide bonds. The number of alkyl carbamates (subject to hydrolysis) is 1. The molecule has 2 saturated heterocycles. The van der Waals surface area contributed by atoms with Crippen LogP contribution in [0.15, 0.2) is 66.3 Å². The molecule has 89 heavy (non-hydrogen) atoms. The Balaban J connectivity index is 1.03. The van der Waals surface area contributed by atoms with Gasteiger partial charge in [-0.15, -0.1) is 0 Å². The lowest BCUT2D eigenvalue weighted by molar-refractivity contribution is -0.162. The number of epoxide rings is 1. The van der Waals surface area contributed by atoms with Crippen molar-refractivity contribution in [1.29, 1.82) is 0 Å². The monoisotopic (exact) mass is 1330 g/mol. The zero-order valence-electron chi connectivity index (χ0n) is 51.0. The van der Waals surface area contributed by atoms with Crippen molar-refractivity contribution in [2.45, 2.75) is 114 Å². The van der Waals surface area contributed by atoms with Crippen LogP contribution in [0.2, 0.25) is 5.02 Å². The van der Waals surface area contributed by atoms with E-state index in [9.17, 15) is 53.4 Å². The van der Waals surface area contributed by atoms with Crippen LogP contribution in [-0.4, -0.2) is 214 Å². The Morgan fingerprint density at radius 3 is 2.38 bits per heavy atom. The second-order valence-electron chi connectivity index (χ2n) is 22.0. The number of esters is 1. The highest BCUT2D eigenvalue weighted by molar-refractivity contribution is 9.09. The van der Waals surface area contributed by atoms with Crippen molar-refractivity contribution in [1.82, 2.24) is 25.3 Å². The number of halogens is 2. The van der Waals surface area contributed by atoms with Crippen molar-refractivity contribution in [2.75, 3.05) is 102 Å². The fourth-order valence-electron chi connectivity index (χ4n) is 9.63. The molecule has 1 unspecified atom stereocenters. The third kappa shape index (κ3) is 19.7. The second-order valence-corrected chi connectivity index (χ2v) is 22.9. The number of amides is 8. The number of rotatable bonds is 19. The Labute approximate surface area is 528 Å². The maximum absolute atomic E-state index is 14.4. The summed E-state index contributed by atoms with van der Waals surface area (Å²) in [6.45, 7) is 6.20. The Morgan fingerprint density at radius 2 is 1.67 bits per heavy atom. The number of benzene rings is 2. The molecule has 4 heterocycles. The molecule has 0 radical (unpaired) electrons. The Bertz CT molecular complexity index is 3030. The maximum Gasteiger partial charge on any atom is 0.412 e. The molecule has 2 aromatic carbocycles. The number of hydrogen-bond acceptors (Lipinski definition) is 20. The van der Waals surface area contributed by atoms with E-state index in [0.29, 0.717) is 23.2 Å². The Kier molecular flexibility index (Phi) is 25.6. The Hall–Kier alpha value is -7.54. The molecule has 6 N–H and O–H groups in total. The lowest BCUT2D eigenvalue weighted by Crippen LogP contribution is -2.63. The van der Waals surface area contributed by atoms with Gasteiger partial charge in [-0.3, -0.25) is 29.8 Å². The quantitative estimate of drug-likeness (QED) is 0.0358. The molecular formula is C59H78BrClN8O20. The number of nitrogens with one attached hydrogen (secondary N) is 4. The molecule has 4 bridgehead atoms. The highest BCUT2D eigenvalue weighted by Gasteiger charge is 2.64. The van der Waals surface area contributed by atoms with Crippen molar-refractivity contribution in [3.63, 3.8) is 0 Å². The van der Waals surface area contributed by atoms with E-state index in [1.54, 1.807) is 56.4 Å². The predicted octanol–water partition coefficient (Wildman–Crippen LogP) is 4.90. The normalized spacial score (nSPS) is 25.1. The summed E-state index contributed by atoms with van der Waals surface area (Å²) in [5.74, 6) is -3.30. The molecule has 0 aliphatic carbocycles. The van der Waals surface area contributed by atoms with Crippen LogP contribution in [-0.2, 0) is 74.9 Å². The van der Waals surface area contributed by atoms with Gasteiger partial charge < -0.3 is 83.1 Å². The highest BCUT2D eigenvalue weighted by Crippen LogP contribution is 2.49. The summed E-state index contributed by atoms with van der Waals surface area (Å²) >= 11 is 9.84. The minimum absolute atomic E-state index is 0.0193. The van der Waals surface area contributed by atoms with Crippen LogP contribution < -0.4 is 30.9 Å². The lowest BCUT2D eigenvalue weighted by atomic mass is 9.83. The number of hydrogen-bond donors (Lipinski definition) is 6. The van der Waals surface area contributed by atoms with Crippen LogP contribution in [0.4, 0.5) is 36.2 Å². The molecule has 2 fully saturated rings. The van der Waals surface area contributed by atoms with Crippen molar-refractivity contribution in [3.8, 4) is 5.75 Å². The van der Waals surface area contributed by atoms with Crippen molar-refractivity contribution >= 4 is 98.6 Å². The molecule has 4 aliphatic heterocycles. The number of allylic oxidation sites excluding steroid dienone is 3. The zero-order valence-corrected chi connectivity index (χ0v) is 53.3. The van der Waals surface area contributed by atoms with Crippen molar-refractivity contribution < 1.29 is 96.0 Å². The average molecular weight is 1330 g/mol. The summed E-state index contributed by atoms with van der Waals surface area (Å²) in [5, 5.41) is 33.1. The standard InChI is InChI=1S/C59H78BrClN8O20/c1-34-12-10-14-45(70)59(80)29-44(87-55(77)65-59)35(2)52-58(4,89-52)46(28-50(74)69(8)42-26-38(24-34)27-43(81-9)51(42)61)88-53(75)36(3)68(7)49(73)18-23-84-56(78)66(5)20-21-67(6)57(79)85-31-37-15-16-40(41(25-37)63-47(71)17-19-62-48(72)30-60)64-54(76)86-39-13-11-22-82-33-83-32-39/h10-16,25-27,35-36,39,44-46,52,70,80H,17-24,28-33H2,1-9H3,(H,62,72)(H,63,71)(H,64,76)(H,65,77)/b13-11+,14-10+,34-12+/t35-,36+,39?,44+,45-,46+,52+,58+,59+/m1/s1. The molecule has 4 aliphatic rings. The number of anilines is 3. The third-order valence-electron chi connectivity index (χ3n) is 15.3. The van der Waals surface area contributed by atoms with Gasteiger partial charge in [0.2, 0.25) is 23.6 Å². The Morgan fingerprint density at radius 1 is 0.955 bits per heavy atom. The number of methoxy groups -OCH3 is 1. The van der Waals surface area contributed by atoms with Crippen molar-refractivity contribution in [3.05, 3.63) is 82.4 Å². The molecule has 6 rings (SSSR count). The number of carbonyl (C=O) groups is 9. The SMILES string of the molecule is COc1cc2cc(c1Cl)N(C)C(=O)C[C@H](OC(=O)[C@H](C)N(C)C(=O)CCOC(=O)N(C)CCN(C)C(=O)OCc1ccc(NC(=O)OC3/C=C/COCOC3)c(NC(=O)CCNC(=O)CBr)c1)[C@]1(C)O[C@H]1[C@H](C)[C@@H]1C[C@@](O)(NC(=O)O1)[C@H](O)/C=C/C=C(\C)C2. The molecule has 0 spiro atoms. The van der Waals surface area contributed by atoms with Crippen LogP contribution in [0.3, 0.4) is 0 Å². The first-order valence-electron chi connectivity index (χ1n) is 28.5. The smallest absolute Gasteiger partial charge is 0.412 e. The molecule has 30 heteroatoms. The average Bonchev–Trinajstić information content (AvgIpc) is 1.63. The number of carbonyl (C=O) groups excluding carboxylic acids is 9. The predicted molar refractivity (Wildman–Crippen MR) is 324 cm³/mol.